The molecule has 0 radical (unpaired) electrons. The van der Waals surface area contributed by atoms with E-state index in [1.807, 2.05) is 30.3 Å². The fraction of sp³-hybridized carbons (Fsp3) is 0.300. The molecule has 0 heterocycles. The van der Waals surface area contributed by atoms with E-state index in [9.17, 15) is 4.79 Å². The summed E-state index contributed by atoms with van der Waals surface area (Å²) in [5.41, 5.74) is 5.00. The van der Waals surface area contributed by atoms with Crippen molar-refractivity contribution in [2.45, 2.75) is 26.2 Å². The number of hydrogen-bond donors (Lipinski definition) is 1. The van der Waals surface area contributed by atoms with E-state index in [-0.39, 0.29) is 5.91 Å². The lowest BCUT2D eigenvalue weighted by Crippen LogP contribution is -2.20. The van der Waals surface area contributed by atoms with Gasteiger partial charge < -0.3 is 9.47 Å². The number of nitrogens with zero attached hydrogens (tertiary/aromatic N) is 1. The molecule has 0 aromatic heterocycles. The fourth-order valence-corrected chi connectivity index (χ4v) is 2.40. The number of rotatable bonds is 8. The third kappa shape index (κ3) is 5.08. The summed E-state index contributed by atoms with van der Waals surface area (Å²) in [6.45, 7) is 2.13. The Morgan fingerprint density at radius 3 is 2.36 bits per heavy atom. The van der Waals surface area contributed by atoms with Crippen LogP contribution in [0.3, 0.4) is 0 Å². The Hall–Kier alpha value is -2.82. The van der Waals surface area contributed by atoms with Crippen molar-refractivity contribution in [2.75, 3.05) is 14.2 Å². The third-order valence-electron chi connectivity index (χ3n) is 3.81. The molecule has 2 aromatic rings. The molecular formula is C20H24N2O3. The molecule has 1 N–H and O–H groups in total. The minimum Gasteiger partial charge on any atom is -0.493 e. The first kappa shape index (κ1) is 18.5. The molecule has 0 saturated heterocycles. The number of hydrazone groups is 1. The zero-order chi connectivity index (χ0) is 18.1. The molecule has 0 bridgehead atoms. The van der Waals surface area contributed by atoms with Crippen LogP contribution in [0.25, 0.3) is 0 Å². The van der Waals surface area contributed by atoms with Crippen LogP contribution < -0.4 is 14.9 Å². The van der Waals surface area contributed by atoms with Crippen molar-refractivity contribution in [3.63, 3.8) is 0 Å². The van der Waals surface area contributed by atoms with Crippen molar-refractivity contribution in [1.82, 2.24) is 5.43 Å². The average molecular weight is 340 g/mol. The molecule has 0 fully saturated rings. The Morgan fingerprint density at radius 2 is 1.72 bits per heavy atom. The summed E-state index contributed by atoms with van der Waals surface area (Å²) in [4.78, 5) is 12.4. The van der Waals surface area contributed by atoms with E-state index >= 15 is 0 Å². The van der Waals surface area contributed by atoms with Crippen LogP contribution in [-0.4, -0.2) is 25.8 Å². The van der Waals surface area contributed by atoms with Crippen LogP contribution in [0.15, 0.2) is 53.6 Å². The van der Waals surface area contributed by atoms with Gasteiger partial charge in [0, 0.05) is 5.56 Å². The van der Waals surface area contributed by atoms with Crippen molar-refractivity contribution >= 4 is 11.6 Å². The first-order chi connectivity index (χ1) is 12.2. The van der Waals surface area contributed by atoms with Crippen LogP contribution in [0, 0.1) is 0 Å². The van der Waals surface area contributed by atoms with Crippen molar-refractivity contribution < 1.29 is 14.3 Å². The Bertz CT molecular complexity index is 727. The van der Waals surface area contributed by atoms with Crippen LogP contribution in [0.1, 0.15) is 42.1 Å². The molecule has 5 nitrogen and oxygen atoms in total. The van der Waals surface area contributed by atoms with E-state index in [1.54, 1.807) is 25.3 Å². The second kappa shape index (κ2) is 9.47. The molecule has 132 valence electrons. The normalized spacial score (nSPS) is 11.1. The van der Waals surface area contributed by atoms with Crippen LogP contribution in [0.5, 0.6) is 11.5 Å². The number of carbonyl (C=O) groups excluding carboxylic acids is 1. The molecule has 0 aliphatic heterocycles. The highest BCUT2D eigenvalue weighted by Crippen LogP contribution is 2.27. The fourth-order valence-electron chi connectivity index (χ4n) is 2.40. The van der Waals surface area contributed by atoms with Gasteiger partial charge in [0.25, 0.3) is 5.91 Å². The minimum atomic E-state index is -0.286. The van der Waals surface area contributed by atoms with Crippen molar-refractivity contribution in [3.05, 3.63) is 59.7 Å². The second-order valence-corrected chi connectivity index (χ2v) is 5.54. The molecule has 0 atom stereocenters. The summed E-state index contributed by atoms with van der Waals surface area (Å²) in [6, 6.07) is 14.9. The molecule has 0 unspecified atom stereocenters. The molecule has 1 amide bonds. The van der Waals surface area contributed by atoms with Gasteiger partial charge in [-0.3, -0.25) is 4.79 Å². The number of carbonyl (C=O) groups is 1. The third-order valence-corrected chi connectivity index (χ3v) is 3.81. The second-order valence-electron chi connectivity index (χ2n) is 5.54. The van der Waals surface area contributed by atoms with Crippen molar-refractivity contribution in [1.29, 1.82) is 0 Å². The van der Waals surface area contributed by atoms with Gasteiger partial charge in [-0.25, -0.2) is 5.43 Å². The molecule has 0 spiro atoms. The maximum absolute atomic E-state index is 12.4. The summed E-state index contributed by atoms with van der Waals surface area (Å²) in [6.07, 6.45) is 2.89. The van der Waals surface area contributed by atoms with Gasteiger partial charge in [0.2, 0.25) is 0 Å². The number of ether oxygens (including phenoxy) is 2. The summed E-state index contributed by atoms with van der Waals surface area (Å²) >= 11 is 0. The van der Waals surface area contributed by atoms with E-state index < -0.39 is 0 Å². The zero-order valence-electron chi connectivity index (χ0n) is 14.9. The maximum atomic E-state index is 12.4. The number of nitrogens with one attached hydrogen (secondary N) is 1. The Morgan fingerprint density at radius 1 is 1.00 bits per heavy atom. The summed E-state index contributed by atoms with van der Waals surface area (Å²) in [5.74, 6) is 0.801. The molecule has 0 aliphatic rings. The van der Waals surface area contributed by atoms with Crippen LogP contribution >= 0.6 is 0 Å². The highest BCUT2D eigenvalue weighted by atomic mass is 16.5. The first-order valence-corrected chi connectivity index (χ1v) is 8.34. The van der Waals surface area contributed by atoms with Gasteiger partial charge >= 0.3 is 0 Å². The summed E-state index contributed by atoms with van der Waals surface area (Å²) < 4.78 is 10.4. The Balaban J connectivity index is 2.18. The lowest BCUT2D eigenvalue weighted by atomic mass is 10.1. The van der Waals surface area contributed by atoms with Gasteiger partial charge in [-0.05, 0) is 36.6 Å². The smallest absolute Gasteiger partial charge is 0.271 e. The molecule has 5 heteroatoms. The molecular weight excluding hydrogens is 316 g/mol. The molecule has 2 aromatic carbocycles. The topological polar surface area (TPSA) is 59.9 Å². The van der Waals surface area contributed by atoms with Gasteiger partial charge in [0.05, 0.1) is 19.9 Å². The lowest BCUT2D eigenvalue weighted by molar-refractivity contribution is 0.0954. The largest absolute Gasteiger partial charge is 0.493 e. The monoisotopic (exact) mass is 340 g/mol. The maximum Gasteiger partial charge on any atom is 0.271 e. The molecule has 25 heavy (non-hydrogen) atoms. The van der Waals surface area contributed by atoms with Crippen molar-refractivity contribution in [2.24, 2.45) is 5.10 Å². The Labute approximate surface area is 148 Å². The number of methoxy groups -OCH3 is 2. The van der Waals surface area contributed by atoms with E-state index in [4.69, 9.17) is 9.47 Å². The van der Waals surface area contributed by atoms with Crippen LogP contribution in [-0.2, 0) is 0 Å². The molecule has 2 rings (SSSR count). The van der Waals surface area contributed by atoms with Gasteiger partial charge in [0.15, 0.2) is 11.5 Å². The lowest BCUT2D eigenvalue weighted by Gasteiger charge is -2.10. The SMILES string of the molecule is CCCCC(=NNC(=O)c1ccc(OC)c(OC)c1)c1ccccc1. The number of hydrogen-bond acceptors (Lipinski definition) is 4. The number of unbranched alkanes of at least 4 members (excludes halogenated alkanes) is 1. The number of amides is 1. The standard InChI is InChI=1S/C20H24N2O3/c1-4-5-11-17(15-9-7-6-8-10-15)21-22-20(23)16-12-13-18(24-2)19(14-16)25-3/h6-10,12-14H,4-5,11H2,1-3H3,(H,22,23). The van der Waals surface area contributed by atoms with Gasteiger partial charge in [-0.15, -0.1) is 0 Å². The van der Waals surface area contributed by atoms with Crippen LogP contribution in [0.2, 0.25) is 0 Å². The first-order valence-electron chi connectivity index (χ1n) is 8.34. The predicted molar refractivity (Wildman–Crippen MR) is 99.5 cm³/mol. The molecule has 0 aliphatic carbocycles. The minimum absolute atomic E-state index is 0.286. The van der Waals surface area contributed by atoms with Gasteiger partial charge in [-0.2, -0.15) is 5.10 Å². The van der Waals surface area contributed by atoms with E-state index in [1.165, 1.54) is 7.11 Å². The predicted octanol–water partition coefficient (Wildman–Crippen LogP) is 4.03. The van der Waals surface area contributed by atoms with E-state index in [0.717, 1.165) is 30.5 Å². The van der Waals surface area contributed by atoms with E-state index in [0.29, 0.717) is 17.1 Å². The quantitative estimate of drug-likeness (QED) is 0.583. The van der Waals surface area contributed by atoms with E-state index in [2.05, 4.69) is 17.5 Å². The summed E-state index contributed by atoms with van der Waals surface area (Å²) in [7, 11) is 3.09. The van der Waals surface area contributed by atoms with Gasteiger partial charge in [0.1, 0.15) is 0 Å². The highest BCUT2D eigenvalue weighted by molar-refractivity contribution is 6.02. The van der Waals surface area contributed by atoms with Crippen LogP contribution in [0.4, 0.5) is 0 Å². The number of benzene rings is 2. The Kier molecular flexibility index (Phi) is 7.01. The highest BCUT2D eigenvalue weighted by Gasteiger charge is 2.11. The average Bonchev–Trinajstić information content (AvgIpc) is 2.67. The van der Waals surface area contributed by atoms with Crippen molar-refractivity contribution in [3.8, 4) is 11.5 Å². The summed E-state index contributed by atoms with van der Waals surface area (Å²) in [5, 5.41) is 4.35. The molecule has 0 saturated carbocycles. The zero-order valence-corrected chi connectivity index (χ0v) is 14.9. The van der Waals surface area contributed by atoms with Gasteiger partial charge in [-0.1, -0.05) is 43.7 Å².